The maximum atomic E-state index is 5.78. The molecule has 0 spiro atoms. The van der Waals surface area contributed by atoms with Gasteiger partial charge in [-0.25, -0.2) is 9.97 Å². The molecule has 3 N–H and O–H groups in total. The number of nitrogen functional groups attached to an aromatic ring is 1. The van der Waals surface area contributed by atoms with Crippen molar-refractivity contribution in [2.75, 3.05) is 19.3 Å². The molecular formula is C15H19N5S. The Kier molecular flexibility index (Phi) is 3.90. The Morgan fingerprint density at radius 3 is 3.00 bits per heavy atom. The minimum Gasteiger partial charge on any atom is -0.399 e. The molecular weight excluding hydrogens is 282 g/mol. The normalized spacial score (nSPS) is 11.6. The number of aryl methyl sites for hydroxylation is 1. The molecule has 0 fully saturated rings. The van der Waals surface area contributed by atoms with E-state index >= 15 is 0 Å². The van der Waals surface area contributed by atoms with Crippen LogP contribution < -0.4 is 5.73 Å². The number of imidazole rings is 1. The zero-order chi connectivity index (χ0) is 14.8. The maximum absolute atomic E-state index is 5.78. The lowest BCUT2D eigenvalue weighted by Crippen LogP contribution is -2.21. The van der Waals surface area contributed by atoms with Crippen molar-refractivity contribution in [2.45, 2.75) is 19.9 Å². The molecule has 0 radical (unpaired) electrons. The first-order valence-corrected chi connectivity index (χ1v) is 7.81. The number of thiazole rings is 1. The van der Waals surface area contributed by atoms with Crippen molar-refractivity contribution in [1.29, 1.82) is 0 Å². The number of fused-ring (bicyclic) bond motifs is 1. The van der Waals surface area contributed by atoms with Gasteiger partial charge in [-0.1, -0.05) is 0 Å². The van der Waals surface area contributed by atoms with Gasteiger partial charge in [0, 0.05) is 30.1 Å². The van der Waals surface area contributed by atoms with Crippen LogP contribution in [0, 0.1) is 6.92 Å². The van der Waals surface area contributed by atoms with E-state index in [2.05, 4.69) is 33.8 Å². The van der Waals surface area contributed by atoms with Crippen LogP contribution in [0.15, 0.2) is 23.7 Å². The minimum atomic E-state index is 0.760. The van der Waals surface area contributed by atoms with Crippen LogP contribution in [0.5, 0.6) is 0 Å². The number of nitrogens with one attached hydrogen (secondary N) is 1. The molecule has 0 aliphatic carbocycles. The molecule has 5 nitrogen and oxygen atoms in total. The van der Waals surface area contributed by atoms with Crippen LogP contribution in [-0.4, -0.2) is 33.4 Å². The van der Waals surface area contributed by atoms with Crippen LogP contribution in [-0.2, 0) is 13.0 Å². The summed E-state index contributed by atoms with van der Waals surface area (Å²) in [6.45, 7) is 3.94. The van der Waals surface area contributed by atoms with Gasteiger partial charge in [0.05, 0.1) is 22.2 Å². The van der Waals surface area contributed by atoms with Crippen molar-refractivity contribution in [1.82, 2.24) is 19.9 Å². The van der Waals surface area contributed by atoms with E-state index in [-0.39, 0.29) is 0 Å². The quantitative estimate of drug-likeness (QED) is 0.711. The van der Waals surface area contributed by atoms with E-state index in [4.69, 9.17) is 5.73 Å². The van der Waals surface area contributed by atoms with Crippen LogP contribution in [0.2, 0.25) is 0 Å². The molecule has 0 saturated carbocycles. The maximum Gasteiger partial charge on any atom is 0.108 e. The Hall–Kier alpha value is -1.92. The van der Waals surface area contributed by atoms with Crippen LogP contribution in [0.4, 0.5) is 5.69 Å². The van der Waals surface area contributed by atoms with Gasteiger partial charge in [0.15, 0.2) is 0 Å². The molecule has 110 valence electrons. The van der Waals surface area contributed by atoms with Crippen molar-refractivity contribution >= 4 is 28.1 Å². The Morgan fingerprint density at radius 2 is 2.24 bits per heavy atom. The number of nitrogens with two attached hydrogens (primary N) is 1. The Labute approximate surface area is 127 Å². The van der Waals surface area contributed by atoms with Crippen molar-refractivity contribution in [3.63, 3.8) is 0 Å². The number of H-pyrrole nitrogens is 1. The average Bonchev–Trinajstić information content (AvgIpc) is 3.02. The number of nitrogens with zero attached hydrogens (tertiary/aromatic N) is 3. The third-order valence-electron chi connectivity index (χ3n) is 3.54. The van der Waals surface area contributed by atoms with Gasteiger partial charge in [0.25, 0.3) is 0 Å². The lowest BCUT2D eigenvalue weighted by molar-refractivity contribution is 0.331. The fourth-order valence-electron chi connectivity index (χ4n) is 2.30. The Bertz CT molecular complexity index is 745. The lowest BCUT2D eigenvalue weighted by atomic mass is 10.3. The predicted molar refractivity (Wildman–Crippen MR) is 87.4 cm³/mol. The van der Waals surface area contributed by atoms with Gasteiger partial charge < -0.3 is 15.6 Å². The number of hydrogen-bond acceptors (Lipinski definition) is 5. The largest absolute Gasteiger partial charge is 0.399 e. The van der Waals surface area contributed by atoms with Gasteiger partial charge in [-0.3, -0.25) is 0 Å². The zero-order valence-corrected chi connectivity index (χ0v) is 13.1. The SMILES string of the molecule is Cc1ncsc1CN(C)CCc1nc2ccc(N)cc2[nH]1. The second-order valence-corrected chi connectivity index (χ2v) is 6.25. The third-order valence-corrected chi connectivity index (χ3v) is 4.46. The summed E-state index contributed by atoms with van der Waals surface area (Å²) in [4.78, 5) is 15.8. The molecule has 0 bridgehead atoms. The predicted octanol–water partition coefficient (Wildman–Crippen LogP) is 2.58. The third kappa shape index (κ3) is 3.22. The second kappa shape index (κ2) is 5.83. The van der Waals surface area contributed by atoms with Crippen molar-refractivity contribution < 1.29 is 0 Å². The summed E-state index contributed by atoms with van der Waals surface area (Å²) < 4.78 is 0. The molecule has 21 heavy (non-hydrogen) atoms. The van der Waals surface area contributed by atoms with Crippen molar-refractivity contribution in [2.24, 2.45) is 0 Å². The number of aromatic nitrogens is 3. The highest BCUT2D eigenvalue weighted by Crippen LogP contribution is 2.16. The summed E-state index contributed by atoms with van der Waals surface area (Å²) >= 11 is 1.71. The summed E-state index contributed by atoms with van der Waals surface area (Å²) in [5.74, 6) is 1.00. The monoisotopic (exact) mass is 301 g/mol. The van der Waals surface area contributed by atoms with E-state index in [0.29, 0.717) is 0 Å². The molecule has 3 rings (SSSR count). The standard InChI is InChI=1S/C15H19N5S/c1-10-14(21-9-17-10)8-20(2)6-5-15-18-12-4-3-11(16)7-13(12)19-15/h3-4,7,9H,5-6,8,16H2,1-2H3,(H,18,19). The zero-order valence-electron chi connectivity index (χ0n) is 12.3. The molecule has 2 heterocycles. The van der Waals surface area contributed by atoms with Gasteiger partial charge in [0.1, 0.15) is 5.82 Å². The van der Waals surface area contributed by atoms with Gasteiger partial charge in [-0.05, 0) is 32.2 Å². The first kappa shape index (κ1) is 14.0. The van der Waals surface area contributed by atoms with Gasteiger partial charge in [-0.15, -0.1) is 11.3 Å². The van der Waals surface area contributed by atoms with Gasteiger partial charge >= 0.3 is 0 Å². The fourth-order valence-corrected chi connectivity index (χ4v) is 3.15. The van der Waals surface area contributed by atoms with Crippen LogP contribution >= 0.6 is 11.3 Å². The van der Waals surface area contributed by atoms with Crippen molar-refractivity contribution in [3.05, 3.63) is 40.1 Å². The minimum absolute atomic E-state index is 0.760. The molecule has 2 aromatic heterocycles. The first-order chi connectivity index (χ1) is 10.1. The number of anilines is 1. The lowest BCUT2D eigenvalue weighted by Gasteiger charge is -2.14. The Balaban J connectivity index is 1.62. The topological polar surface area (TPSA) is 70.8 Å². The van der Waals surface area contributed by atoms with Crippen LogP contribution in [0.3, 0.4) is 0 Å². The number of likely N-dealkylation sites (N-methyl/N-ethyl adjacent to an activating group) is 1. The molecule has 0 aliphatic rings. The molecule has 6 heteroatoms. The average molecular weight is 301 g/mol. The van der Waals surface area contributed by atoms with E-state index in [1.54, 1.807) is 11.3 Å². The van der Waals surface area contributed by atoms with E-state index in [1.807, 2.05) is 23.7 Å². The van der Waals surface area contributed by atoms with E-state index in [0.717, 1.165) is 47.7 Å². The molecule has 1 aromatic carbocycles. The Morgan fingerprint density at radius 1 is 1.38 bits per heavy atom. The highest BCUT2D eigenvalue weighted by molar-refractivity contribution is 7.09. The van der Waals surface area contributed by atoms with Gasteiger partial charge in [0.2, 0.25) is 0 Å². The number of aromatic amines is 1. The number of hydrogen-bond donors (Lipinski definition) is 2. The number of rotatable bonds is 5. The molecule has 3 aromatic rings. The fraction of sp³-hybridized carbons (Fsp3) is 0.333. The number of benzene rings is 1. The summed E-state index contributed by atoms with van der Waals surface area (Å²) in [6.07, 6.45) is 0.892. The van der Waals surface area contributed by atoms with E-state index in [1.165, 1.54) is 4.88 Å². The van der Waals surface area contributed by atoms with Gasteiger partial charge in [-0.2, -0.15) is 0 Å². The molecule has 0 atom stereocenters. The summed E-state index contributed by atoms with van der Waals surface area (Å²) in [5, 5.41) is 0. The highest BCUT2D eigenvalue weighted by Gasteiger charge is 2.08. The van der Waals surface area contributed by atoms with E-state index < -0.39 is 0 Å². The molecule has 0 saturated heterocycles. The van der Waals surface area contributed by atoms with Crippen molar-refractivity contribution in [3.8, 4) is 0 Å². The summed E-state index contributed by atoms with van der Waals surface area (Å²) in [5.41, 5.74) is 11.6. The molecule has 0 unspecified atom stereocenters. The molecule has 0 aliphatic heterocycles. The first-order valence-electron chi connectivity index (χ1n) is 6.93. The van der Waals surface area contributed by atoms with E-state index in [9.17, 15) is 0 Å². The smallest absolute Gasteiger partial charge is 0.108 e. The highest BCUT2D eigenvalue weighted by atomic mass is 32.1. The van der Waals surface area contributed by atoms with Crippen LogP contribution in [0.1, 0.15) is 16.4 Å². The summed E-state index contributed by atoms with van der Waals surface area (Å²) in [7, 11) is 2.12. The van der Waals surface area contributed by atoms with Crippen LogP contribution in [0.25, 0.3) is 11.0 Å². The summed E-state index contributed by atoms with van der Waals surface area (Å²) in [6, 6.07) is 5.76. The molecule has 0 amide bonds. The second-order valence-electron chi connectivity index (χ2n) is 5.31.